The van der Waals surface area contributed by atoms with Gasteiger partial charge in [-0.25, -0.2) is 14.6 Å². The van der Waals surface area contributed by atoms with Gasteiger partial charge in [-0.15, -0.1) is 0 Å². The first-order valence-electron chi connectivity index (χ1n) is 11.5. The standard InChI is InChI=1S/C27H26N2O6/c1-27(2,3)35-26(32)29-15-17(13-20(29)25(30)31)33-22-14-19(16-9-5-4-6-10-16)28-23-18-11-7-8-12-21(18)34-24(22)23/h4-12,14,17,20H,13,15H2,1-3H3,(H,30,31)/t17?,20-/m0/s1. The van der Waals surface area contributed by atoms with Gasteiger partial charge in [0.05, 0.1) is 12.2 Å². The molecule has 1 fully saturated rings. The number of pyridine rings is 1. The summed E-state index contributed by atoms with van der Waals surface area (Å²) in [5.74, 6) is -0.652. The Morgan fingerprint density at radius 1 is 1.09 bits per heavy atom. The van der Waals surface area contributed by atoms with Crippen LogP contribution >= 0.6 is 0 Å². The summed E-state index contributed by atoms with van der Waals surface area (Å²) in [7, 11) is 0. The van der Waals surface area contributed by atoms with Crippen LogP contribution in [0, 0.1) is 0 Å². The molecule has 4 aromatic rings. The van der Waals surface area contributed by atoms with Gasteiger partial charge >= 0.3 is 12.1 Å². The van der Waals surface area contributed by atoms with Crippen molar-refractivity contribution in [2.45, 2.75) is 44.9 Å². The maximum Gasteiger partial charge on any atom is 0.411 e. The highest BCUT2D eigenvalue weighted by Gasteiger charge is 2.43. The summed E-state index contributed by atoms with van der Waals surface area (Å²) < 4.78 is 17.8. The molecule has 0 aliphatic carbocycles. The second-order valence-corrected chi connectivity index (χ2v) is 9.61. The molecule has 0 bridgehead atoms. The summed E-state index contributed by atoms with van der Waals surface area (Å²) in [4.78, 5) is 30.7. The Hall–Kier alpha value is -4.07. The minimum atomic E-state index is -1.10. The van der Waals surface area contributed by atoms with Crippen molar-refractivity contribution >= 4 is 34.1 Å². The van der Waals surface area contributed by atoms with Crippen molar-refractivity contribution in [1.82, 2.24) is 9.88 Å². The zero-order chi connectivity index (χ0) is 24.7. The van der Waals surface area contributed by atoms with Crippen LogP contribution in [-0.4, -0.2) is 51.3 Å². The largest absolute Gasteiger partial charge is 0.484 e. The lowest BCUT2D eigenvalue weighted by molar-refractivity contribution is -0.142. The lowest BCUT2D eigenvalue weighted by atomic mass is 10.1. The summed E-state index contributed by atoms with van der Waals surface area (Å²) in [5.41, 5.74) is 2.69. The molecule has 3 heterocycles. The molecule has 0 spiro atoms. The van der Waals surface area contributed by atoms with E-state index >= 15 is 0 Å². The molecule has 1 amide bonds. The molecule has 35 heavy (non-hydrogen) atoms. The SMILES string of the molecule is CC(C)(C)OC(=O)N1CC(Oc2cc(-c3ccccc3)nc3c2oc2ccccc23)C[C@H]1C(=O)O. The Morgan fingerprint density at radius 3 is 2.51 bits per heavy atom. The van der Waals surface area contributed by atoms with Gasteiger partial charge < -0.3 is 19.0 Å². The Bertz CT molecular complexity index is 1410. The molecule has 1 aliphatic heterocycles. The summed E-state index contributed by atoms with van der Waals surface area (Å²) in [6, 6.07) is 18.1. The highest BCUT2D eigenvalue weighted by Crippen LogP contribution is 2.38. The van der Waals surface area contributed by atoms with Crippen molar-refractivity contribution in [2.24, 2.45) is 0 Å². The second kappa shape index (κ2) is 8.61. The van der Waals surface area contributed by atoms with Crippen molar-refractivity contribution in [3.63, 3.8) is 0 Å². The number of furan rings is 1. The first-order chi connectivity index (χ1) is 16.7. The molecule has 1 saturated heterocycles. The quantitative estimate of drug-likeness (QED) is 0.417. The van der Waals surface area contributed by atoms with Crippen LogP contribution in [0.1, 0.15) is 27.2 Å². The summed E-state index contributed by atoms with van der Waals surface area (Å²) >= 11 is 0. The van der Waals surface area contributed by atoms with E-state index in [1.54, 1.807) is 26.8 Å². The minimum Gasteiger partial charge on any atom is -0.484 e. The van der Waals surface area contributed by atoms with Gasteiger partial charge in [-0.2, -0.15) is 0 Å². The molecule has 8 nitrogen and oxygen atoms in total. The number of hydrogen-bond donors (Lipinski definition) is 1. The number of likely N-dealkylation sites (tertiary alicyclic amines) is 1. The lowest BCUT2D eigenvalue weighted by Crippen LogP contribution is -2.43. The van der Waals surface area contributed by atoms with Gasteiger partial charge in [-0.05, 0) is 32.9 Å². The zero-order valence-corrected chi connectivity index (χ0v) is 19.7. The third-order valence-corrected chi connectivity index (χ3v) is 5.83. The van der Waals surface area contributed by atoms with E-state index in [0.717, 1.165) is 10.9 Å². The first kappa shape index (κ1) is 22.7. The third-order valence-electron chi connectivity index (χ3n) is 5.83. The van der Waals surface area contributed by atoms with Crippen molar-refractivity contribution < 1.29 is 28.6 Å². The molecule has 2 atom stereocenters. The smallest absolute Gasteiger partial charge is 0.411 e. The molecule has 0 radical (unpaired) electrons. The molecule has 2 aromatic heterocycles. The molecule has 1 unspecified atom stereocenters. The third kappa shape index (κ3) is 4.51. The number of carboxylic acid groups (broad SMARTS) is 1. The van der Waals surface area contributed by atoms with E-state index in [-0.39, 0.29) is 13.0 Å². The maximum absolute atomic E-state index is 12.7. The summed E-state index contributed by atoms with van der Waals surface area (Å²) in [6.45, 7) is 5.30. The van der Waals surface area contributed by atoms with Gasteiger partial charge in [-0.1, -0.05) is 42.5 Å². The fraction of sp³-hybridized carbons (Fsp3) is 0.296. The number of benzene rings is 2. The number of hydrogen-bond acceptors (Lipinski definition) is 6. The Morgan fingerprint density at radius 2 is 1.80 bits per heavy atom. The zero-order valence-electron chi connectivity index (χ0n) is 19.7. The van der Waals surface area contributed by atoms with Crippen LogP contribution in [0.2, 0.25) is 0 Å². The Labute approximate surface area is 202 Å². The summed E-state index contributed by atoms with van der Waals surface area (Å²) in [5, 5.41) is 10.6. The van der Waals surface area contributed by atoms with E-state index in [0.29, 0.717) is 28.1 Å². The number of para-hydroxylation sites is 1. The number of carboxylic acids is 1. The van der Waals surface area contributed by atoms with E-state index in [1.165, 1.54) is 4.90 Å². The predicted molar refractivity (Wildman–Crippen MR) is 130 cm³/mol. The number of nitrogens with zero attached hydrogens (tertiary/aromatic N) is 2. The van der Waals surface area contributed by atoms with Crippen LogP contribution in [0.3, 0.4) is 0 Å². The van der Waals surface area contributed by atoms with Crippen molar-refractivity contribution in [2.75, 3.05) is 6.54 Å². The average molecular weight is 475 g/mol. The molecule has 180 valence electrons. The molecule has 8 heteroatoms. The Kier molecular flexibility index (Phi) is 5.59. The number of rotatable bonds is 4. The fourth-order valence-electron chi connectivity index (χ4n) is 4.32. The van der Waals surface area contributed by atoms with Crippen LogP contribution in [0.15, 0.2) is 65.1 Å². The second-order valence-electron chi connectivity index (χ2n) is 9.61. The maximum atomic E-state index is 12.7. The van der Waals surface area contributed by atoms with Crippen molar-refractivity contribution in [3.05, 3.63) is 60.7 Å². The first-order valence-corrected chi connectivity index (χ1v) is 11.5. The highest BCUT2D eigenvalue weighted by molar-refractivity contribution is 6.05. The normalized spacial score (nSPS) is 18.2. The van der Waals surface area contributed by atoms with Gasteiger partial charge in [0.2, 0.25) is 0 Å². The number of aromatic nitrogens is 1. The van der Waals surface area contributed by atoms with E-state index in [9.17, 15) is 14.7 Å². The predicted octanol–water partition coefficient (Wildman–Crippen LogP) is 5.49. The van der Waals surface area contributed by atoms with Crippen molar-refractivity contribution in [3.8, 4) is 17.0 Å². The number of carbonyl (C=O) groups excluding carboxylic acids is 1. The monoisotopic (exact) mass is 474 g/mol. The van der Waals surface area contributed by atoms with Crippen LogP contribution in [0.4, 0.5) is 4.79 Å². The fourth-order valence-corrected chi connectivity index (χ4v) is 4.32. The van der Waals surface area contributed by atoms with Gasteiger partial charge in [0.15, 0.2) is 11.3 Å². The van der Waals surface area contributed by atoms with E-state index in [4.69, 9.17) is 18.9 Å². The van der Waals surface area contributed by atoms with Crippen LogP contribution in [0.25, 0.3) is 33.3 Å². The molecule has 2 aromatic carbocycles. The van der Waals surface area contributed by atoms with Crippen LogP contribution in [0.5, 0.6) is 5.75 Å². The number of amides is 1. The van der Waals surface area contributed by atoms with E-state index in [1.807, 2.05) is 54.6 Å². The van der Waals surface area contributed by atoms with Crippen LogP contribution in [-0.2, 0) is 9.53 Å². The highest BCUT2D eigenvalue weighted by atomic mass is 16.6. The van der Waals surface area contributed by atoms with Crippen LogP contribution < -0.4 is 4.74 Å². The van der Waals surface area contributed by atoms with Gasteiger partial charge in [0, 0.05) is 23.4 Å². The molecule has 5 rings (SSSR count). The van der Waals surface area contributed by atoms with Gasteiger partial charge in [-0.3, -0.25) is 4.90 Å². The topological polar surface area (TPSA) is 102 Å². The number of carbonyl (C=O) groups is 2. The van der Waals surface area contributed by atoms with E-state index in [2.05, 4.69) is 0 Å². The molecular formula is C27H26N2O6. The van der Waals surface area contributed by atoms with E-state index < -0.39 is 29.8 Å². The summed E-state index contributed by atoms with van der Waals surface area (Å²) in [6.07, 6.45) is -1.12. The molecular weight excluding hydrogens is 448 g/mol. The number of fused-ring (bicyclic) bond motifs is 3. The lowest BCUT2D eigenvalue weighted by Gasteiger charge is -2.26. The van der Waals surface area contributed by atoms with Gasteiger partial charge in [0.1, 0.15) is 28.8 Å². The molecule has 1 aliphatic rings. The Balaban J connectivity index is 1.53. The minimum absolute atomic E-state index is 0.0800. The van der Waals surface area contributed by atoms with Gasteiger partial charge in [0.25, 0.3) is 0 Å². The van der Waals surface area contributed by atoms with Crippen molar-refractivity contribution in [1.29, 1.82) is 0 Å². The average Bonchev–Trinajstić information content (AvgIpc) is 3.41. The molecule has 1 N–H and O–H groups in total. The molecule has 0 saturated carbocycles. The number of ether oxygens (including phenoxy) is 2. The number of aliphatic carboxylic acids is 1.